The molecule has 1 fully saturated rings. The van der Waals surface area contributed by atoms with E-state index >= 15 is 0 Å². The van der Waals surface area contributed by atoms with E-state index in [9.17, 15) is 14.7 Å². The first-order valence-corrected chi connectivity index (χ1v) is 9.32. The maximum atomic E-state index is 11.6. The standard InChI is InChI=1S/C20H21NO3S/c22-17(8-4-7-14-5-2-1-3-6-14)16-11-9-15(10-12-16)13-18-19(23)21-20(24)25-18/h1-3,5-6,9-12,17-18,22H,4,7-8,13H2,(H,21,23,24). The van der Waals surface area contributed by atoms with Gasteiger partial charge in [-0.05, 0) is 42.4 Å². The molecule has 1 heterocycles. The Kier molecular flexibility index (Phi) is 5.89. The van der Waals surface area contributed by atoms with Crippen molar-refractivity contribution in [2.45, 2.75) is 37.0 Å². The molecule has 0 aliphatic carbocycles. The normalized spacial score (nSPS) is 18.2. The molecule has 2 atom stereocenters. The Morgan fingerprint density at radius 2 is 1.72 bits per heavy atom. The van der Waals surface area contributed by atoms with Crippen LogP contribution >= 0.6 is 11.8 Å². The molecule has 0 saturated carbocycles. The van der Waals surface area contributed by atoms with E-state index in [1.54, 1.807) is 0 Å². The molecule has 2 aromatic carbocycles. The maximum absolute atomic E-state index is 11.6. The van der Waals surface area contributed by atoms with Crippen molar-refractivity contribution in [3.8, 4) is 0 Å². The smallest absolute Gasteiger partial charge is 0.286 e. The quantitative estimate of drug-likeness (QED) is 0.796. The Bertz CT molecular complexity index is 730. The number of thioether (sulfide) groups is 1. The highest BCUT2D eigenvalue weighted by Gasteiger charge is 2.31. The maximum Gasteiger partial charge on any atom is 0.286 e. The summed E-state index contributed by atoms with van der Waals surface area (Å²) in [5, 5.41) is 12.0. The van der Waals surface area contributed by atoms with Crippen molar-refractivity contribution in [1.29, 1.82) is 0 Å². The van der Waals surface area contributed by atoms with Gasteiger partial charge in [0.15, 0.2) is 0 Å². The van der Waals surface area contributed by atoms with E-state index in [1.807, 2.05) is 42.5 Å². The van der Waals surface area contributed by atoms with Gasteiger partial charge in [-0.15, -0.1) is 0 Å². The fraction of sp³-hybridized carbons (Fsp3) is 0.300. The summed E-state index contributed by atoms with van der Waals surface area (Å²) >= 11 is 1.04. The molecular weight excluding hydrogens is 334 g/mol. The molecule has 0 bridgehead atoms. The second-order valence-corrected chi connectivity index (χ2v) is 7.40. The molecule has 0 radical (unpaired) electrons. The Morgan fingerprint density at radius 1 is 1.00 bits per heavy atom. The van der Waals surface area contributed by atoms with Crippen LogP contribution in [0.2, 0.25) is 0 Å². The van der Waals surface area contributed by atoms with Gasteiger partial charge in [-0.1, -0.05) is 66.4 Å². The molecule has 0 aromatic heterocycles. The summed E-state index contributed by atoms with van der Waals surface area (Å²) in [5.41, 5.74) is 3.16. The zero-order valence-corrected chi connectivity index (χ0v) is 14.7. The second-order valence-electron chi connectivity index (χ2n) is 6.22. The van der Waals surface area contributed by atoms with E-state index in [4.69, 9.17) is 0 Å². The van der Waals surface area contributed by atoms with Crippen molar-refractivity contribution >= 4 is 22.9 Å². The van der Waals surface area contributed by atoms with E-state index in [-0.39, 0.29) is 16.4 Å². The average Bonchev–Trinajstić information content (AvgIpc) is 2.93. The van der Waals surface area contributed by atoms with Crippen LogP contribution in [0.5, 0.6) is 0 Å². The number of hydrogen-bond donors (Lipinski definition) is 2. The summed E-state index contributed by atoms with van der Waals surface area (Å²) in [6.45, 7) is 0. The summed E-state index contributed by atoms with van der Waals surface area (Å²) in [6.07, 6.45) is 2.63. The predicted octanol–water partition coefficient (Wildman–Crippen LogP) is 3.64. The molecule has 4 nitrogen and oxygen atoms in total. The summed E-state index contributed by atoms with van der Waals surface area (Å²) in [7, 11) is 0. The van der Waals surface area contributed by atoms with Crippen molar-refractivity contribution in [3.05, 3.63) is 71.3 Å². The minimum Gasteiger partial charge on any atom is -0.388 e. The molecule has 2 amide bonds. The first-order valence-electron chi connectivity index (χ1n) is 8.44. The lowest BCUT2D eigenvalue weighted by Gasteiger charge is -2.12. The third-order valence-corrected chi connectivity index (χ3v) is 5.32. The average molecular weight is 355 g/mol. The number of aliphatic hydroxyl groups is 1. The zero-order valence-electron chi connectivity index (χ0n) is 13.9. The largest absolute Gasteiger partial charge is 0.388 e. The van der Waals surface area contributed by atoms with Crippen LogP contribution in [-0.2, 0) is 17.6 Å². The Labute approximate surface area is 151 Å². The monoisotopic (exact) mass is 355 g/mol. The Morgan fingerprint density at radius 3 is 2.36 bits per heavy atom. The second kappa shape index (κ2) is 8.32. The van der Waals surface area contributed by atoms with Crippen LogP contribution in [0.4, 0.5) is 4.79 Å². The van der Waals surface area contributed by atoms with Crippen molar-refractivity contribution in [3.63, 3.8) is 0 Å². The molecule has 25 heavy (non-hydrogen) atoms. The topological polar surface area (TPSA) is 66.4 Å². The summed E-state index contributed by atoms with van der Waals surface area (Å²) < 4.78 is 0. The number of hydrogen-bond acceptors (Lipinski definition) is 4. The van der Waals surface area contributed by atoms with Crippen LogP contribution in [0.15, 0.2) is 54.6 Å². The van der Waals surface area contributed by atoms with E-state index < -0.39 is 6.10 Å². The lowest BCUT2D eigenvalue weighted by molar-refractivity contribution is -0.118. The molecule has 1 aliphatic heterocycles. The van der Waals surface area contributed by atoms with Crippen LogP contribution in [0.3, 0.4) is 0 Å². The molecule has 5 heteroatoms. The van der Waals surface area contributed by atoms with Gasteiger partial charge in [-0.3, -0.25) is 14.9 Å². The third-order valence-electron chi connectivity index (χ3n) is 4.34. The van der Waals surface area contributed by atoms with Gasteiger partial charge in [-0.2, -0.15) is 0 Å². The van der Waals surface area contributed by atoms with Gasteiger partial charge in [0.25, 0.3) is 5.24 Å². The lowest BCUT2D eigenvalue weighted by Crippen LogP contribution is -2.25. The van der Waals surface area contributed by atoms with Crippen molar-refractivity contribution in [2.24, 2.45) is 0 Å². The van der Waals surface area contributed by atoms with Gasteiger partial charge in [0.05, 0.1) is 11.4 Å². The number of aryl methyl sites for hydroxylation is 1. The van der Waals surface area contributed by atoms with E-state index in [1.165, 1.54) is 5.56 Å². The first kappa shape index (κ1) is 17.7. The molecule has 3 rings (SSSR count). The number of carbonyl (C=O) groups is 2. The highest BCUT2D eigenvalue weighted by atomic mass is 32.2. The van der Waals surface area contributed by atoms with Crippen LogP contribution in [0.25, 0.3) is 0 Å². The predicted molar refractivity (Wildman–Crippen MR) is 99.4 cm³/mol. The number of amides is 2. The van der Waals surface area contributed by atoms with E-state index in [2.05, 4.69) is 17.4 Å². The van der Waals surface area contributed by atoms with Gasteiger partial charge in [0.1, 0.15) is 0 Å². The number of rotatable bonds is 7. The van der Waals surface area contributed by atoms with Crippen LogP contribution < -0.4 is 5.32 Å². The van der Waals surface area contributed by atoms with Crippen molar-refractivity contribution in [1.82, 2.24) is 5.32 Å². The molecule has 2 N–H and O–H groups in total. The van der Waals surface area contributed by atoms with Crippen LogP contribution in [0.1, 0.15) is 35.6 Å². The van der Waals surface area contributed by atoms with Crippen molar-refractivity contribution < 1.29 is 14.7 Å². The van der Waals surface area contributed by atoms with Gasteiger partial charge in [0.2, 0.25) is 5.91 Å². The zero-order chi connectivity index (χ0) is 17.6. The number of nitrogens with one attached hydrogen (secondary N) is 1. The molecule has 1 saturated heterocycles. The van der Waals surface area contributed by atoms with E-state index in [0.717, 1.165) is 35.7 Å². The summed E-state index contributed by atoms with van der Waals surface area (Å²) in [4.78, 5) is 22.8. The third kappa shape index (κ3) is 4.94. The summed E-state index contributed by atoms with van der Waals surface area (Å²) in [6, 6.07) is 17.9. The fourth-order valence-electron chi connectivity index (χ4n) is 2.93. The number of carbonyl (C=O) groups excluding carboxylic acids is 2. The Balaban J connectivity index is 1.49. The minimum absolute atomic E-state index is 0.222. The number of imide groups is 1. The molecule has 0 spiro atoms. The molecule has 130 valence electrons. The van der Waals surface area contributed by atoms with Crippen LogP contribution in [-0.4, -0.2) is 21.5 Å². The van der Waals surface area contributed by atoms with Gasteiger partial charge in [0, 0.05) is 0 Å². The molecule has 2 aromatic rings. The van der Waals surface area contributed by atoms with Crippen LogP contribution in [0, 0.1) is 0 Å². The Hall–Kier alpha value is -2.11. The minimum atomic E-state index is -0.483. The van der Waals surface area contributed by atoms with Crippen molar-refractivity contribution in [2.75, 3.05) is 0 Å². The SMILES string of the molecule is O=C1NC(=O)C(Cc2ccc(C(O)CCCc3ccccc3)cc2)S1. The lowest BCUT2D eigenvalue weighted by atomic mass is 9.99. The molecule has 1 aliphatic rings. The highest BCUT2D eigenvalue weighted by molar-refractivity contribution is 8.15. The first-order chi connectivity index (χ1) is 12.1. The molecular formula is C20H21NO3S. The van der Waals surface area contributed by atoms with Gasteiger partial charge < -0.3 is 5.11 Å². The van der Waals surface area contributed by atoms with E-state index in [0.29, 0.717) is 12.8 Å². The number of aliphatic hydroxyl groups excluding tert-OH is 1. The van der Waals surface area contributed by atoms with Gasteiger partial charge >= 0.3 is 0 Å². The fourth-order valence-corrected chi connectivity index (χ4v) is 3.79. The van der Waals surface area contributed by atoms with Gasteiger partial charge in [-0.25, -0.2) is 0 Å². The molecule has 2 unspecified atom stereocenters. The highest BCUT2D eigenvalue weighted by Crippen LogP contribution is 2.25. The summed E-state index contributed by atoms with van der Waals surface area (Å²) in [5.74, 6) is -0.222. The number of benzene rings is 2.